The van der Waals surface area contributed by atoms with Crippen LogP contribution in [0.5, 0.6) is 11.5 Å². The Kier molecular flexibility index (Phi) is 4.05. The summed E-state index contributed by atoms with van der Waals surface area (Å²) in [6, 6.07) is 5.36. The molecular weight excluding hydrogens is 298 g/mol. The molecule has 0 bridgehead atoms. The van der Waals surface area contributed by atoms with Crippen LogP contribution in [0.4, 0.5) is 10.7 Å². The number of hydrogen-bond acceptors (Lipinski definition) is 5. The van der Waals surface area contributed by atoms with Crippen LogP contribution in [0.25, 0.3) is 0 Å². The Morgan fingerprint density at radius 1 is 1.39 bits per heavy atom. The molecule has 0 aliphatic carbocycles. The highest BCUT2D eigenvalue weighted by molar-refractivity contribution is 5.87. The van der Waals surface area contributed by atoms with Gasteiger partial charge in [-0.15, -0.1) is 5.10 Å². The molecule has 1 aromatic heterocycles. The van der Waals surface area contributed by atoms with Crippen molar-refractivity contribution in [3.8, 4) is 11.5 Å². The lowest BCUT2D eigenvalue weighted by molar-refractivity contribution is 0.174. The number of urea groups is 1. The largest absolute Gasteiger partial charge is 0.454 e. The summed E-state index contributed by atoms with van der Waals surface area (Å²) in [4.78, 5) is 18.0. The monoisotopic (exact) mass is 317 g/mol. The SMILES string of the molecule is CCc1nc(NC(=O)N(C)Cc2ccc3c(c2)OCO3)nn1C. The second kappa shape index (κ2) is 6.15. The van der Waals surface area contributed by atoms with Gasteiger partial charge in [0.15, 0.2) is 11.5 Å². The lowest BCUT2D eigenvalue weighted by Crippen LogP contribution is -2.31. The Labute approximate surface area is 134 Å². The average molecular weight is 317 g/mol. The van der Waals surface area contributed by atoms with E-state index in [0.29, 0.717) is 18.2 Å². The molecular formula is C15H19N5O3. The summed E-state index contributed by atoms with van der Waals surface area (Å²) in [5.41, 5.74) is 0.954. The van der Waals surface area contributed by atoms with Crippen LogP contribution in [-0.2, 0) is 20.0 Å². The van der Waals surface area contributed by atoms with Gasteiger partial charge in [-0.25, -0.2) is 4.79 Å². The molecule has 2 heterocycles. The van der Waals surface area contributed by atoms with Gasteiger partial charge >= 0.3 is 6.03 Å². The predicted octanol–water partition coefficient (Wildman–Crippen LogP) is 1.77. The van der Waals surface area contributed by atoms with Gasteiger partial charge in [0.25, 0.3) is 0 Å². The summed E-state index contributed by atoms with van der Waals surface area (Å²) in [6.45, 7) is 2.66. The van der Waals surface area contributed by atoms with Crippen LogP contribution < -0.4 is 14.8 Å². The number of ether oxygens (including phenoxy) is 2. The fraction of sp³-hybridized carbons (Fsp3) is 0.400. The van der Waals surface area contributed by atoms with Crippen LogP contribution in [0, 0.1) is 0 Å². The minimum Gasteiger partial charge on any atom is -0.454 e. The van der Waals surface area contributed by atoms with E-state index in [1.54, 1.807) is 23.7 Å². The maximum absolute atomic E-state index is 12.2. The zero-order valence-corrected chi connectivity index (χ0v) is 13.4. The number of amides is 2. The summed E-state index contributed by atoms with van der Waals surface area (Å²) in [5.74, 6) is 2.56. The highest BCUT2D eigenvalue weighted by atomic mass is 16.7. The van der Waals surface area contributed by atoms with E-state index in [9.17, 15) is 4.79 Å². The fourth-order valence-corrected chi connectivity index (χ4v) is 2.35. The molecule has 0 fully saturated rings. The number of nitrogens with zero attached hydrogens (tertiary/aromatic N) is 4. The molecule has 1 aliphatic rings. The molecule has 3 rings (SSSR count). The Bertz CT molecular complexity index is 728. The molecule has 8 heteroatoms. The van der Waals surface area contributed by atoms with Gasteiger partial charge in [0.1, 0.15) is 5.82 Å². The van der Waals surface area contributed by atoms with Crippen molar-refractivity contribution < 1.29 is 14.3 Å². The minimum absolute atomic E-state index is 0.236. The van der Waals surface area contributed by atoms with Crippen molar-refractivity contribution in [2.24, 2.45) is 7.05 Å². The second-order valence-corrected chi connectivity index (χ2v) is 5.30. The average Bonchev–Trinajstić information content (AvgIpc) is 3.12. The number of carbonyl (C=O) groups is 1. The number of anilines is 1. The third-order valence-electron chi connectivity index (χ3n) is 3.59. The molecule has 122 valence electrons. The minimum atomic E-state index is -0.268. The van der Waals surface area contributed by atoms with Crippen LogP contribution in [0.1, 0.15) is 18.3 Å². The maximum atomic E-state index is 12.2. The Morgan fingerprint density at radius 2 is 2.17 bits per heavy atom. The summed E-state index contributed by atoms with van der Waals surface area (Å²) in [6.07, 6.45) is 0.756. The zero-order valence-electron chi connectivity index (χ0n) is 13.4. The van der Waals surface area contributed by atoms with Crippen molar-refractivity contribution in [1.29, 1.82) is 0 Å². The number of aromatic nitrogens is 3. The van der Waals surface area contributed by atoms with Crippen molar-refractivity contribution >= 4 is 12.0 Å². The molecule has 23 heavy (non-hydrogen) atoms. The number of benzene rings is 1. The molecule has 0 atom stereocenters. The highest BCUT2D eigenvalue weighted by Crippen LogP contribution is 2.32. The van der Waals surface area contributed by atoms with E-state index in [2.05, 4.69) is 15.4 Å². The van der Waals surface area contributed by atoms with Gasteiger partial charge in [-0.2, -0.15) is 4.98 Å². The van der Waals surface area contributed by atoms with Gasteiger partial charge < -0.3 is 14.4 Å². The Hall–Kier alpha value is -2.77. The quantitative estimate of drug-likeness (QED) is 0.929. The first-order valence-corrected chi connectivity index (χ1v) is 7.37. The number of rotatable bonds is 4. The topological polar surface area (TPSA) is 81.5 Å². The van der Waals surface area contributed by atoms with Crippen LogP contribution in [-0.4, -0.2) is 39.5 Å². The van der Waals surface area contributed by atoms with Crippen molar-refractivity contribution in [2.75, 3.05) is 19.2 Å². The molecule has 1 N–H and O–H groups in total. The van der Waals surface area contributed by atoms with E-state index in [0.717, 1.165) is 23.6 Å². The third kappa shape index (κ3) is 3.20. The van der Waals surface area contributed by atoms with Crippen LogP contribution in [0.3, 0.4) is 0 Å². The number of nitrogens with one attached hydrogen (secondary N) is 1. The van der Waals surface area contributed by atoms with E-state index in [1.807, 2.05) is 25.1 Å². The van der Waals surface area contributed by atoms with Crippen LogP contribution >= 0.6 is 0 Å². The first kappa shape index (κ1) is 15.1. The molecule has 8 nitrogen and oxygen atoms in total. The number of aryl methyl sites for hydroxylation is 2. The Morgan fingerprint density at radius 3 is 2.91 bits per heavy atom. The summed E-state index contributed by atoms with van der Waals surface area (Å²) in [7, 11) is 3.52. The summed E-state index contributed by atoms with van der Waals surface area (Å²) >= 11 is 0. The van der Waals surface area contributed by atoms with Crippen molar-refractivity contribution in [1.82, 2.24) is 19.7 Å². The molecule has 2 amide bonds. The van der Waals surface area contributed by atoms with Gasteiger partial charge in [0.2, 0.25) is 12.7 Å². The van der Waals surface area contributed by atoms with Gasteiger partial charge in [-0.3, -0.25) is 10.00 Å². The first-order valence-electron chi connectivity index (χ1n) is 7.37. The lowest BCUT2D eigenvalue weighted by atomic mass is 10.2. The van der Waals surface area contributed by atoms with E-state index in [-0.39, 0.29) is 12.8 Å². The molecule has 0 spiro atoms. The van der Waals surface area contributed by atoms with E-state index in [1.165, 1.54) is 0 Å². The van der Waals surface area contributed by atoms with E-state index >= 15 is 0 Å². The summed E-state index contributed by atoms with van der Waals surface area (Å²) < 4.78 is 12.3. The molecule has 0 saturated carbocycles. The molecule has 1 aromatic carbocycles. The fourth-order valence-electron chi connectivity index (χ4n) is 2.35. The zero-order chi connectivity index (χ0) is 16.4. The second-order valence-electron chi connectivity index (χ2n) is 5.30. The number of hydrogen-bond donors (Lipinski definition) is 1. The predicted molar refractivity (Wildman–Crippen MR) is 83.4 cm³/mol. The standard InChI is InChI=1S/C15H19N5O3/c1-4-13-16-14(18-20(13)3)17-15(21)19(2)8-10-5-6-11-12(7-10)23-9-22-11/h5-7H,4,8-9H2,1-3H3,(H,17,18,21). The molecule has 0 radical (unpaired) electrons. The lowest BCUT2D eigenvalue weighted by Gasteiger charge is -2.17. The third-order valence-corrected chi connectivity index (χ3v) is 3.59. The smallest absolute Gasteiger partial charge is 0.324 e. The van der Waals surface area contributed by atoms with Crippen LogP contribution in [0.2, 0.25) is 0 Å². The van der Waals surface area contributed by atoms with Gasteiger partial charge in [0.05, 0.1) is 0 Å². The van der Waals surface area contributed by atoms with Crippen molar-refractivity contribution in [3.63, 3.8) is 0 Å². The highest BCUT2D eigenvalue weighted by Gasteiger charge is 2.16. The Balaban J connectivity index is 1.63. The maximum Gasteiger partial charge on any atom is 0.324 e. The van der Waals surface area contributed by atoms with Crippen molar-refractivity contribution in [3.05, 3.63) is 29.6 Å². The molecule has 1 aliphatic heterocycles. The van der Waals surface area contributed by atoms with Crippen LogP contribution in [0.15, 0.2) is 18.2 Å². The van der Waals surface area contributed by atoms with Crippen molar-refractivity contribution in [2.45, 2.75) is 19.9 Å². The number of fused-ring (bicyclic) bond motifs is 1. The molecule has 2 aromatic rings. The molecule has 0 unspecified atom stereocenters. The molecule has 0 saturated heterocycles. The summed E-state index contributed by atoms with van der Waals surface area (Å²) in [5, 5.41) is 6.87. The van der Waals surface area contributed by atoms with Gasteiger partial charge in [0, 0.05) is 27.1 Å². The first-order chi connectivity index (χ1) is 11.1. The number of carbonyl (C=O) groups excluding carboxylic acids is 1. The van der Waals surface area contributed by atoms with Gasteiger partial charge in [-0.05, 0) is 17.7 Å². The van der Waals surface area contributed by atoms with E-state index in [4.69, 9.17) is 9.47 Å². The van der Waals surface area contributed by atoms with Gasteiger partial charge in [-0.1, -0.05) is 13.0 Å². The normalized spacial score (nSPS) is 12.3. The van der Waals surface area contributed by atoms with E-state index < -0.39 is 0 Å².